The first-order valence-corrected chi connectivity index (χ1v) is 6.42. The zero-order chi connectivity index (χ0) is 10.8. The molecule has 2 unspecified atom stereocenters. The summed E-state index contributed by atoms with van der Waals surface area (Å²) in [5.41, 5.74) is 5.70. The van der Waals surface area contributed by atoms with Crippen molar-refractivity contribution in [2.45, 2.75) is 25.9 Å². The molecule has 0 amide bonds. The van der Waals surface area contributed by atoms with Gasteiger partial charge in [-0.15, -0.1) is 11.3 Å². The van der Waals surface area contributed by atoms with Crippen molar-refractivity contribution in [3.05, 3.63) is 15.5 Å². The second kappa shape index (κ2) is 4.78. The van der Waals surface area contributed by atoms with Gasteiger partial charge in [-0.1, -0.05) is 11.6 Å². The standard InChI is InChI=1S/C10H16ClN3S/c1-7-2-8(3-12)5-14(7)6-9-4-13-10(11)15-9/h4,7-8H,2-3,5-6,12H2,1H3. The second-order valence-corrected chi connectivity index (χ2v) is 5.89. The van der Waals surface area contributed by atoms with Gasteiger partial charge in [-0.3, -0.25) is 4.90 Å². The molecule has 1 aromatic rings. The summed E-state index contributed by atoms with van der Waals surface area (Å²) in [6.07, 6.45) is 3.08. The summed E-state index contributed by atoms with van der Waals surface area (Å²) in [7, 11) is 0. The van der Waals surface area contributed by atoms with Crippen LogP contribution in [0.2, 0.25) is 4.47 Å². The van der Waals surface area contributed by atoms with Crippen LogP contribution in [0.5, 0.6) is 0 Å². The van der Waals surface area contributed by atoms with E-state index in [0.717, 1.165) is 19.6 Å². The van der Waals surface area contributed by atoms with Crippen molar-refractivity contribution in [3.8, 4) is 0 Å². The van der Waals surface area contributed by atoms with Crippen molar-refractivity contribution in [2.24, 2.45) is 11.7 Å². The highest BCUT2D eigenvalue weighted by Gasteiger charge is 2.28. The van der Waals surface area contributed by atoms with Crippen molar-refractivity contribution in [1.29, 1.82) is 0 Å². The highest BCUT2D eigenvalue weighted by atomic mass is 35.5. The molecule has 3 nitrogen and oxygen atoms in total. The predicted octanol–water partition coefficient (Wildman–Crippen LogP) is 1.97. The van der Waals surface area contributed by atoms with Crippen LogP contribution in [-0.4, -0.2) is 29.0 Å². The largest absolute Gasteiger partial charge is 0.330 e. The molecule has 5 heteroatoms. The third-order valence-electron chi connectivity index (χ3n) is 3.01. The summed E-state index contributed by atoms with van der Waals surface area (Å²) in [6, 6.07) is 0.624. The topological polar surface area (TPSA) is 42.1 Å². The Morgan fingerprint density at radius 3 is 3.07 bits per heavy atom. The maximum absolute atomic E-state index is 5.81. The van der Waals surface area contributed by atoms with Crippen molar-refractivity contribution in [1.82, 2.24) is 9.88 Å². The van der Waals surface area contributed by atoms with E-state index < -0.39 is 0 Å². The first-order chi connectivity index (χ1) is 7.19. The Hall–Kier alpha value is -0.160. The molecule has 84 valence electrons. The maximum atomic E-state index is 5.81. The van der Waals surface area contributed by atoms with Crippen LogP contribution in [0, 0.1) is 5.92 Å². The molecule has 0 radical (unpaired) electrons. The molecule has 0 aliphatic carbocycles. The number of hydrogen-bond donors (Lipinski definition) is 1. The molecular weight excluding hydrogens is 230 g/mol. The molecule has 0 bridgehead atoms. The lowest BCUT2D eigenvalue weighted by atomic mass is 10.1. The van der Waals surface area contributed by atoms with Crippen LogP contribution in [0.25, 0.3) is 0 Å². The van der Waals surface area contributed by atoms with Crippen LogP contribution in [0.3, 0.4) is 0 Å². The summed E-state index contributed by atoms with van der Waals surface area (Å²) in [5, 5.41) is 0. The monoisotopic (exact) mass is 245 g/mol. The molecule has 1 saturated heterocycles. The zero-order valence-corrected chi connectivity index (χ0v) is 10.4. The number of hydrogen-bond acceptors (Lipinski definition) is 4. The predicted molar refractivity (Wildman–Crippen MR) is 64.2 cm³/mol. The van der Waals surface area contributed by atoms with Crippen LogP contribution in [0.15, 0.2) is 6.20 Å². The third-order valence-corrected chi connectivity index (χ3v) is 4.11. The van der Waals surface area contributed by atoms with Gasteiger partial charge in [-0.25, -0.2) is 4.98 Å². The quantitative estimate of drug-likeness (QED) is 0.886. The number of aromatic nitrogens is 1. The molecular formula is C10H16ClN3S. The van der Waals surface area contributed by atoms with E-state index in [9.17, 15) is 0 Å². The summed E-state index contributed by atoms with van der Waals surface area (Å²) >= 11 is 7.37. The Morgan fingerprint density at radius 1 is 1.73 bits per heavy atom. The lowest BCUT2D eigenvalue weighted by molar-refractivity contribution is 0.258. The van der Waals surface area contributed by atoms with Gasteiger partial charge in [0.05, 0.1) is 0 Å². The molecule has 0 aromatic carbocycles. The minimum Gasteiger partial charge on any atom is -0.330 e. The molecule has 2 N–H and O–H groups in total. The summed E-state index contributed by atoms with van der Waals surface area (Å²) in [6.45, 7) is 5.12. The Labute approximate surface area is 99.2 Å². The zero-order valence-electron chi connectivity index (χ0n) is 8.82. The van der Waals surface area contributed by atoms with Gasteiger partial charge < -0.3 is 5.73 Å². The van der Waals surface area contributed by atoms with Gasteiger partial charge in [0.2, 0.25) is 0 Å². The second-order valence-electron chi connectivity index (χ2n) is 4.20. The first kappa shape index (κ1) is 11.3. The van der Waals surface area contributed by atoms with Crippen LogP contribution in [0.4, 0.5) is 0 Å². The number of nitrogens with zero attached hydrogens (tertiary/aromatic N) is 2. The van der Waals surface area contributed by atoms with Gasteiger partial charge in [0.25, 0.3) is 0 Å². The minimum atomic E-state index is 0.624. The lowest BCUT2D eigenvalue weighted by Crippen LogP contribution is -2.26. The van der Waals surface area contributed by atoms with Crippen LogP contribution in [-0.2, 0) is 6.54 Å². The summed E-state index contributed by atoms with van der Waals surface area (Å²) < 4.78 is 0.632. The van der Waals surface area contributed by atoms with Crippen molar-refractivity contribution in [3.63, 3.8) is 0 Å². The van der Waals surface area contributed by atoms with E-state index in [1.807, 2.05) is 6.20 Å². The third kappa shape index (κ3) is 2.69. The molecule has 0 saturated carbocycles. The number of thiazole rings is 1. The normalized spacial score (nSPS) is 27.4. The SMILES string of the molecule is CC1CC(CN)CN1Cc1cnc(Cl)s1. The van der Waals surface area contributed by atoms with Gasteiger partial charge in [0.1, 0.15) is 0 Å². The van der Waals surface area contributed by atoms with Gasteiger partial charge in [-0.2, -0.15) is 0 Å². The van der Waals surface area contributed by atoms with Crippen molar-refractivity contribution >= 4 is 22.9 Å². The molecule has 2 rings (SSSR count). The summed E-state index contributed by atoms with van der Waals surface area (Å²) in [4.78, 5) is 7.76. The Morgan fingerprint density at radius 2 is 2.53 bits per heavy atom. The molecule has 1 aliphatic rings. The molecule has 1 aliphatic heterocycles. The Balaban J connectivity index is 1.95. The van der Waals surface area contributed by atoms with Gasteiger partial charge >= 0.3 is 0 Å². The summed E-state index contributed by atoms with van der Waals surface area (Å²) in [5.74, 6) is 0.656. The van der Waals surface area contributed by atoms with Gasteiger partial charge in [0, 0.05) is 30.2 Å². The van der Waals surface area contributed by atoms with Crippen molar-refractivity contribution < 1.29 is 0 Å². The average molecular weight is 246 g/mol. The molecule has 1 fully saturated rings. The average Bonchev–Trinajstić information content (AvgIpc) is 2.75. The van der Waals surface area contributed by atoms with Crippen LogP contribution < -0.4 is 5.73 Å². The van der Waals surface area contributed by atoms with Crippen LogP contribution >= 0.6 is 22.9 Å². The molecule has 2 heterocycles. The van der Waals surface area contributed by atoms with Crippen molar-refractivity contribution in [2.75, 3.05) is 13.1 Å². The molecule has 15 heavy (non-hydrogen) atoms. The number of likely N-dealkylation sites (tertiary alicyclic amines) is 1. The molecule has 2 atom stereocenters. The fraction of sp³-hybridized carbons (Fsp3) is 0.700. The maximum Gasteiger partial charge on any atom is 0.183 e. The highest BCUT2D eigenvalue weighted by Crippen LogP contribution is 2.26. The van der Waals surface area contributed by atoms with E-state index in [4.69, 9.17) is 17.3 Å². The van der Waals surface area contributed by atoms with Crippen LogP contribution in [0.1, 0.15) is 18.2 Å². The number of nitrogens with two attached hydrogens (primary N) is 1. The van der Waals surface area contributed by atoms with Gasteiger partial charge in [0.15, 0.2) is 4.47 Å². The molecule has 0 spiro atoms. The highest BCUT2D eigenvalue weighted by molar-refractivity contribution is 7.15. The fourth-order valence-corrected chi connectivity index (χ4v) is 3.17. The van der Waals surface area contributed by atoms with E-state index in [1.165, 1.54) is 11.3 Å². The first-order valence-electron chi connectivity index (χ1n) is 5.23. The van der Waals surface area contributed by atoms with E-state index >= 15 is 0 Å². The van der Waals surface area contributed by atoms with E-state index in [-0.39, 0.29) is 0 Å². The Kier molecular flexibility index (Phi) is 3.61. The molecule has 1 aromatic heterocycles. The minimum absolute atomic E-state index is 0.624. The van der Waals surface area contributed by atoms with E-state index in [1.54, 1.807) is 11.3 Å². The Bertz CT molecular complexity index is 328. The lowest BCUT2D eigenvalue weighted by Gasteiger charge is -2.19. The number of rotatable bonds is 3. The fourth-order valence-electron chi connectivity index (χ4n) is 2.17. The number of halogens is 1. The van der Waals surface area contributed by atoms with Gasteiger partial charge in [-0.05, 0) is 25.8 Å². The van der Waals surface area contributed by atoms with E-state index in [2.05, 4.69) is 16.8 Å². The smallest absolute Gasteiger partial charge is 0.183 e. The van der Waals surface area contributed by atoms with E-state index in [0.29, 0.717) is 16.4 Å².